The van der Waals surface area contributed by atoms with Gasteiger partial charge in [-0.05, 0) is 37.1 Å². The maximum absolute atomic E-state index is 13.7. The first-order valence-corrected chi connectivity index (χ1v) is 7.38. The van der Waals surface area contributed by atoms with Crippen molar-refractivity contribution in [1.29, 1.82) is 0 Å². The summed E-state index contributed by atoms with van der Waals surface area (Å²) in [7, 11) is 1.41. The molecule has 0 radical (unpaired) electrons. The monoisotopic (exact) mass is 316 g/mol. The summed E-state index contributed by atoms with van der Waals surface area (Å²) in [6, 6.07) is 10.9. The third-order valence-electron chi connectivity index (χ3n) is 3.75. The second-order valence-electron chi connectivity index (χ2n) is 5.51. The molecule has 0 fully saturated rings. The van der Waals surface area contributed by atoms with Crippen molar-refractivity contribution in [2.75, 3.05) is 7.11 Å². The first kappa shape index (κ1) is 17.0. The van der Waals surface area contributed by atoms with E-state index in [0.29, 0.717) is 5.56 Å². The second-order valence-corrected chi connectivity index (χ2v) is 5.51. The van der Waals surface area contributed by atoms with Crippen molar-refractivity contribution in [3.63, 3.8) is 0 Å². The minimum absolute atomic E-state index is 0.170. The van der Waals surface area contributed by atoms with E-state index in [4.69, 9.17) is 10.5 Å². The number of amides is 1. The Morgan fingerprint density at radius 2 is 1.78 bits per heavy atom. The van der Waals surface area contributed by atoms with Crippen LogP contribution in [-0.4, -0.2) is 13.0 Å². The van der Waals surface area contributed by atoms with Gasteiger partial charge in [-0.15, -0.1) is 0 Å². The smallest absolute Gasteiger partial charge is 0.241 e. The number of methoxy groups -OCH3 is 1. The van der Waals surface area contributed by atoms with Gasteiger partial charge in [-0.25, -0.2) is 4.39 Å². The number of carbonyl (C=O) groups excluding carboxylic acids is 1. The van der Waals surface area contributed by atoms with Crippen LogP contribution in [-0.2, 0) is 4.79 Å². The summed E-state index contributed by atoms with van der Waals surface area (Å²) < 4.78 is 18.6. The van der Waals surface area contributed by atoms with Crippen LogP contribution in [0, 0.1) is 12.7 Å². The van der Waals surface area contributed by atoms with Gasteiger partial charge >= 0.3 is 0 Å². The van der Waals surface area contributed by atoms with Gasteiger partial charge in [0.1, 0.15) is 6.04 Å². The maximum atomic E-state index is 13.7. The van der Waals surface area contributed by atoms with Crippen molar-refractivity contribution >= 4 is 5.91 Å². The number of ether oxygens (including phenoxy) is 1. The SMILES string of the molecule is COc1ccc(C(C)NC(=O)C(N)c2ccc(C)cc2)cc1F. The van der Waals surface area contributed by atoms with Gasteiger partial charge in [0.05, 0.1) is 13.2 Å². The molecule has 0 aliphatic rings. The summed E-state index contributed by atoms with van der Waals surface area (Å²) in [5.74, 6) is -0.602. The first-order valence-electron chi connectivity index (χ1n) is 7.38. The highest BCUT2D eigenvalue weighted by molar-refractivity contribution is 5.83. The Bertz CT molecular complexity index is 686. The summed E-state index contributed by atoms with van der Waals surface area (Å²) in [4.78, 5) is 12.3. The molecular weight excluding hydrogens is 295 g/mol. The molecule has 1 amide bonds. The molecule has 0 bridgehead atoms. The van der Waals surface area contributed by atoms with Crippen LogP contribution < -0.4 is 15.8 Å². The summed E-state index contributed by atoms with van der Waals surface area (Å²) in [6.45, 7) is 3.75. The molecule has 0 aliphatic heterocycles. The Balaban J connectivity index is 2.06. The van der Waals surface area contributed by atoms with E-state index in [0.717, 1.165) is 11.1 Å². The Hall–Kier alpha value is -2.40. The third kappa shape index (κ3) is 4.07. The summed E-state index contributed by atoms with van der Waals surface area (Å²) in [6.07, 6.45) is 0. The number of nitrogens with two attached hydrogens (primary N) is 1. The van der Waals surface area contributed by atoms with E-state index < -0.39 is 11.9 Å². The molecule has 5 heteroatoms. The molecule has 0 spiro atoms. The molecule has 2 aromatic carbocycles. The van der Waals surface area contributed by atoms with E-state index in [1.165, 1.54) is 19.2 Å². The number of halogens is 1. The zero-order valence-electron chi connectivity index (χ0n) is 13.5. The molecule has 2 unspecified atom stereocenters. The van der Waals surface area contributed by atoms with Crippen LogP contribution in [0.15, 0.2) is 42.5 Å². The van der Waals surface area contributed by atoms with E-state index in [9.17, 15) is 9.18 Å². The van der Waals surface area contributed by atoms with Gasteiger partial charge in [0.15, 0.2) is 11.6 Å². The van der Waals surface area contributed by atoms with Crippen molar-refractivity contribution < 1.29 is 13.9 Å². The number of hydrogen-bond donors (Lipinski definition) is 2. The summed E-state index contributed by atoms with van der Waals surface area (Å²) in [5.41, 5.74) is 8.47. The minimum Gasteiger partial charge on any atom is -0.494 e. The lowest BCUT2D eigenvalue weighted by atomic mass is 10.0. The highest BCUT2D eigenvalue weighted by Gasteiger charge is 2.19. The molecule has 2 aromatic rings. The van der Waals surface area contributed by atoms with Gasteiger partial charge in [0.25, 0.3) is 0 Å². The highest BCUT2D eigenvalue weighted by atomic mass is 19.1. The lowest BCUT2D eigenvalue weighted by Gasteiger charge is -2.18. The molecule has 0 aliphatic carbocycles. The molecule has 2 rings (SSSR count). The number of aryl methyl sites for hydroxylation is 1. The lowest BCUT2D eigenvalue weighted by molar-refractivity contribution is -0.123. The average Bonchev–Trinajstić information content (AvgIpc) is 2.54. The fraction of sp³-hybridized carbons (Fsp3) is 0.278. The normalized spacial score (nSPS) is 13.3. The Morgan fingerprint density at radius 1 is 1.17 bits per heavy atom. The molecule has 0 heterocycles. The molecule has 3 N–H and O–H groups in total. The number of rotatable bonds is 5. The molecule has 122 valence electrons. The van der Waals surface area contributed by atoms with E-state index in [1.54, 1.807) is 13.0 Å². The third-order valence-corrected chi connectivity index (χ3v) is 3.75. The highest BCUT2D eigenvalue weighted by Crippen LogP contribution is 2.22. The van der Waals surface area contributed by atoms with Gasteiger partial charge in [0, 0.05) is 0 Å². The number of benzene rings is 2. The minimum atomic E-state index is -0.763. The molecule has 0 saturated carbocycles. The number of nitrogens with one attached hydrogen (secondary N) is 1. The van der Waals surface area contributed by atoms with E-state index in [1.807, 2.05) is 31.2 Å². The van der Waals surface area contributed by atoms with Crippen LogP contribution in [0.2, 0.25) is 0 Å². The maximum Gasteiger partial charge on any atom is 0.241 e. The molecule has 4 nitrogen and oxygen atoms in total. The van der Waals surface area contributed by atoms with Crippen LogP contribution in [0.25, 0.3) is 0 Å². The number of carbonyl (C=O) groups is 1. The van der Waals surface area contributed by atoms with Crippen molar-refractivity contribution in [2.45, 2.75) is 25.9 Å². The average molecular weight is 316 g/mol. The van der Waals surface area contributed by atoms with Crippen LogP contribution in [0.4, 0.5) is 4.39 Å². The topological polar surface area (TPSA) is 64.3 Å². The zero-order chi connectivity index (χ0) is 17.0. The summed E-state index contributed by atoms with van der Waals surface area (Å²) >= 11 is 0. The van der Waals surface area contributed by atoms with E-state index in [2.05, 4.69) is 5.32 Å². The molecular formula is C18H21FN2O2. The largest absolute Gasteiger partial charge is 0.494 e. The summed E-state index contributed by atoms with van der Waals surface area (Å²) in [5, 5.41) is 2.80. The quantitative estimate of drug-likeness (QED) is 0.891. The second kappa shape index (κ2) is 7.24. The van der Waals surface area contributed by atoms with Crippen molar-refractivity contribution in [1.82, 2.24) is 5.32 Å². The Labute approximate surface area is 135 Å². The van der Waals surface area contributed by atoms with Crippen molar-refractivity contribution in [2.24, 2.45) is 5.73 Å². The molecule has 0 saturated heterocycles. The van der Waals surface area contributed by atoms with Crippen LogP contribution in [0.1, 0.15) is 35.7 Å². The fourth-order valence-corrected chi connectivity index (χ4v) is 2.26. The van der Waals surface area contributed by atoms with Crippen LogP contribution in [0.3, 0.4) is 0 Å². The van der Waals surface area contributed by atoms with Crippen molar-refractivity contribution in [3.8, 4) is 5.75 Å². The first-order chi connectivity index (χ1) is 10.9. The van der Waals surface area contributed by atoms with Gasteiger partial charge in [-0.1, -0.05) is 35.9 Å². The standard InChI is InChI=1S/C18H21FN2O2/c1-11-4-6-13(7-5-11)17(20)18(22)21-12(2)14-8-9-16(23-3)15(19)10-14/h4-10,12,17H,20H2,1-3H3,(H,21,22). The van der Waals surface area contributed by atoms with Gasteiger partial charge in [0.2, 0.25) is 5.91 Å². The predicted molar refractivity (Wildman–Crippen MR) is 87.6 cm³/mol. The molecule has 0 aromatic heterocycles. The van der Waals surface area contributed by atoms with Crippen molar-refractivity contribution in [3.05, 3.63) is 65.0 Å². The van der Waals surface area contributed by atoms with Crippen LogP contribution in [0.5, 0.6) is 5.75 Å². The molecule has 23 heavy (non-hydrogen) atoms. The molecule has 2 atom stereocenters. The fourth-order valence-electron chi connectivity index (χ4n) is 2.26. The van der Waals surface area contributed by atoms with E-state index in [-0.39, 0.29) is 17.7 Å². The lowest BCUT2D eigenvalue weighted by Crippen LogP contribution is -2.35. The number of hydrogen-bond acceptors (Lipinski definition) is 3. The Kier molecular flexibility index (Phi) is 5.34. The predicted octanol–water partition coefficient (Wildman–Crippen LogP) is 3.02. The van der Waals surface area contributed by atoms with Gasteiger partial charge < -0.3 is 15.8 Å². The van der Waals surface area contributed by atoms with E-state index >= 15 is 0 Å². The zero-order valence-corrected chi connectivity index (χ0v) is 13.5. The Morgan fingerprint density at radius 3 is 2.35 bits per heavy atom. The van der Waals surface area contributed by atoms with Crippen LogP contribution >= 0.6 is 0 Å². The van der Waals surface area contributed by atoms with Gasteiger partial charge in [-0.2, -0.15) is 0 Å². The van der Waals surface area contributed by atoms with Gasteiger partial charge in [-0.3, -0.25) is 4.79 Å².